The number of hydrogen-bond donors (Lipinski definition) is 1. The van der Waals surface area contributed by atoms with Gasteiger partial charge in [-0.1, -0.05) is 0 Å². The Labute approximate surface area is 133 Å². The molecular formula is C14H17N3O3S2. The molecule has 0 saturated heterocycles. The molecule has 1 heterocycles. The number of hydrogen-bond acceptors (Lipinski definition) is 5. The number of anilines is 1. The van der Waals surface area contributed by atoms with E-state index in [1.165, 1.54) is 41.7 Å². The maximum atomic E-state index is 12.5. The molecule has 0 bridgehead atoms. The van der Waals surface area contributed by atoms with E-state index in [-0.39, 0.29) is 17.3 Å². The molecule has 0 aliphatic rings. The minimum atomic E-state index is -3.59. The van der Waals surface area contributed by atoms with Crippen LogP contribution in [-0.2, 0) is 21.4 Å². The molecule has 0 spiro atoms. The van der Waals surface area contributed by atoms with Crippen molar-refractivity contribution in [3.05, 3.63) is 40.3 Å². The van der Waals surface area contributed by atoms with Crippen LogP contribution in [0.4, 0.5) is 5.69 Å². The van der Waals surface area contributed by atoms with Gasteiger partial charge in [0.25, 0.3) is 0 Å². The summed E-state index contributed by atoms with van der Waals surface area (Å²) in [6.45, 7) is 3.50. The van der Waals surface area contributed by atoms with E-state index in [0.29, 0.717) is 5.69 Å². The Hall–Kier alpha value is -1.77. The van der Waals surface area contributed by atoms with Gasteiger partial charge >= 0.3 is 0 Å². The van der Waals surface area contributed by atoms with Crippen molar-refractivity contribution in [2.24, 2.45) is 0 Å². The summed E-state index contributed by atoms with van der Waals surface area (Å²) in [5, 5.41) is 5.35. The Kier molecular flexibility index (Phi) is 4.94. The molecule has 6 nitrogen and oxygen atoms in total. The highest BCUT2D eigenvalue weighted by Gasteiger charge is 2.21. The third kappa shape index (κ3) is 3.90. The van der Waals surface area contributed by atoms with Gasteiger partial charge in [0.05, 0.1) is 22.1 Å². The van der Waals surface area contributed by atoms with Crippen molar-refractivity contribution >= 4 is 33.0 Å². The zero-order valence-corrected chi connectivity index (χ0v) is 14.2. The molecule has 1 amide bonds. The van der Waals surface area contributed by atoms with Crippen LogP contribution < -0.4 is 5.32 Å². The lowest BCUT2D eigenvalue weighted by atomic mass is 10.3. The van der Waals surface area contributed by atoms with Gasteiger partial charge in [-0.15, -0.1) is 11.3 Å². The fourth-order valence-corrected chi connectivity index (χ4v) is 3.63. The third-order valence-electron chi connectivity index (χ3n) is 2.93. The van der Waals surface area contributed by atoms with Crippen LogP contribution in [0.5, 0.6) is 0 Å². The smallest absolute Gasteiger partial charge is 0.243 e. The summed E-state index contributed by atoms with van der Waals surface area (Å²) in [4.78, 5) is 15.4. The Balaban J connectivity index is 2.16. The molecule has 1 aromatic carbocycles. The minimum absolute atomic E-state index is 0.177. The van der Waals surface area contributed by atoms with Crippen LogP contribution in [0.3, 0.4) is 0 Å². The van der Waals surface area contributed by atoms with Crippen LogP contribution in [0.1, 0.15) is 17.6 Å². The lowest BCUT2D eigenvalue weighted by molar-refractivity contribution is -0.114. The number of carbonyl (C=O) groups is 1. The van der Waals surface area contributed by atoms with Crippen LogP contribution in [0.15, 0.2) is 34.5 Å². The van der Waals surface area contributed by atoms with E-state index in [1.807, 2.05) is 12.3 Å². The molecule has 8 heteroatoms. The van der Waals surface area contributed by atoms with E-state index in [9.17, 15) is 13.2 Å². The fraction of sp³-hybridized carbons (Fsp3) is 0.286. The zero-order valence-electron chi connectivity index (χ0n) is 12.5. The Morgan fingerprint density at radius 1 is 1.32 bits per heavy atom. The van der Waals surface area contributed by atoms with Crippen LogP contribution >= 0.6 is 11.3 Å². The molecule has 1 aromatic heterocycles. The van der Waals surface area contributed by atoms with Gasteiger partial charge in [0.2, 0.25) is 15.9 Å². The molecule has 0 saturated carbocycles. The lowest BCUT2D eigenvalue weighted by Gasteiger charge is -2.16. The second kappa shape index (κ2) is 6.55. The first kappa shape index (κ1) is 16.6. The number of aromatic nitrogens is 1. The first-order valence-electron chi connectivity index (χ1n) is 6.54. The van der Waals surface area contributed by atoms with Crippen molar-refractivity contribution in [2.45, 2.75) is 25.3 Å². The third-order valence-corrected chi connectivity index (χ3v) is 5.57. The first-order valence-corrected chi connectivity index (χ1v) is 8.86. The molecule has 0 fully saturated rings. The topological polar surface area (TPSA) is 79.4 Å². The van der Waals surface area contributed by atoms with Gasteiger partial charge in [-0.25, -0.2) is 13.4 Å². The fourth-order valence-electron chi connectivity index (χ4n) is 1.89. The van der Waals surface area contributed by atoms with Gasteiger partial charge in [0, 0.05) is 25.0 Å². The summed E-state index contributed by atoms with van der Waals surface area (Å²) in [7, 11) is -2.07. The van der Waals surface area contributed by atoms with Gasteiger partial charge in [0.15, 0.2) is 0 Å². The summed E-state index contributed by atoms with van der Waals surface area (Å²) in [6, 6.07) is 6.08. The van der Waals surface area contributed by atoms with E-state index < -0.39 is 10.0 Å². The standard InChI is InChI=1S/C14H17N3O3S2/c1-10(18)15-12-4-6-14(7-5-12)22(19,20)17(3)8-13-9-21-11(2)16-13/h4-7,9H,8H2,1-3H3,(H,15,18). The molecule has 2 aromatic rings. The molecule has 0 aliphatic heterocycles. The number of aryl methyl sites for hydroxylation is 1. The normalized spacial score (nSPS) is 11.6. The van der Waals surface area contributed by atoms with Gasteiger partial charge in [0.1, 0.15) is 0 Å². The van der Waals surface area contributed by atoms with E-state index in [4.69, 9.17) is 0 Å². The number of carbonyl (C=O) groups excluding carboxylic acids is 1. The quantitative estimate of drug-likeness (QED) is 0.906. The molecule has 0 atom stereocenters. The summed E-state index contributed by atoms with van der Waals surface area (Å²) in [5.74, 6) is -0.202. The van der Waals surface area contributed by atoms with Crippen molar-refractivity contribution in [1.29, 1.82) is 0 Å². The van der Waals surface area contributed by atoms with E-state index in [1.54, 1.807) is 12.1 Å². The van der Waals surface area contributed by atoms with Crippen molar-refractivity contribution < 1.29 is 13.2 Å². The first-order chi connectivity index (χ1) is 10.3. The molecule has 1 N–H and O–H groups in total. The molecular weight excluding hydrogens is 322 g/mol. The van der Waals surface area contributed by atoms with Crippen molar-refractivity contribution in [3.8, 4) is 0 Å². The zero-order chi connectivity index (χ0) is 16.3. The summed E-state index contributed by atoms with van der Waals surface area (Å²) in [6.07, 6.45) is 0. The van der Waals surface area contributed by atoms with Gasteiger partial charge in [-0.2, -0.15) is 4.31 Å². The number of rotatable bonds is 5. The minimum Gasteiger partial charge on any atom is -0.326 e. The van der Waals surface area contributed by atoms with E-state index >= 15 is 0 Å². The SMILES string of the molecule is CC(=O)Nc1ccc(S(=O)(=O)N(C)Cc2csc(C)n2)cc1. The van der Waals surface area contributed by atoms with Crippen LogP contribution in [0.2, 0.25) is 0 Å². The van der Waals surface area contributed by atoms with Crippen LogP contribution in [0, 0.1) is 6.92 Å². The number of nitrogens with one attached hydrogen (secondary N) is 1. The summed E-state index contributed by atoms with van der Waals surface area (Å²) < 4.78 is 26.2. The molecule has 0 unspecified atom stereocenters. The highest BCUT2D eigenvalue weighted by atomic mass is 32.2. The van der Waals surface area contributed by atoms with Crippen molar-refractivity contribution in [2.75, 3.05) is 12.4 Å². The molecule has 2 rings (SSSR count). The lowest BCUT2D eigenvalue weighted by Crippen LogP contribution is -2.26. The van der Waals surface area contributed by atoms with Crippen molar-refractivity contribution in [3.63, 3.8) is 0 Å². The molecule has 118 valence electrons. The Morgan fingerprint density at radius 3 is 2.45 bits per heavy atom. The monoisotopic (exact) mass is 339 g/mol. The van der Waals surface area contributed by atoms with Crippen LogP contribution in [0.25, 0.3) is 0 Å². The average Bonchev–Trinajstić information content (AvgIpc) is 2.84. The Morgan fingerprint density at radius 2 is 1.95 bits per heavy atom. The Bertz CT molecular complexity index is 767. The maximum Gasteiger partial charge on any atom is 0.243 e. The molecule has 0 radical (unpaired) electrons. The second-order valence-electron chi connectivity index (χ2n) is 4.82. The molecule has 0 aliphatic carbocycles. The predicted octanol–water partition coefficient (Wildman–Crippen LogP) is 2.23. The van der Waals surface area contributed by atoms with Crippen molar-refractivity contribution in [1.82, 2.24) is 9.29 Å². The number of amides is 1. The van der Waals surface area contributed by atoms with E-state index in [2.05, 4.69) is 10.3 Å². The highest BCUT2D eigenvalue weighted by molar-refractivity contribution is 7.89. The van der Waals surface area contributed by atoms with Gasteiger partial charge in [-0.05, 0) is 31.2 Å². The average molecular weight is 339 g/mol. The number of nitrogens with zero attached hydrogens (tertiary/aromatic N) is 2. The number of thiazole rings is 1. The second-order valence-corrected chi connectivity index (χ2v) is 7.93. The van der Waals surface area contributed by atoms with Gasteiger partial charge in [-0.3, -0.25) is 4.79 Å². The summed E-state index contributed by atoms with van der Waals surface area (Å²) in [5.41, 5.74) is 1.28. The molecule has 22 heavy (non-hydrogen) atoms. The number of sulfonamides is 1. The number of benzene rings is 1. The van der Waals surface area contributed by atoms with E-state index in [0.717, 1.165) is 10.7 Å². The highest BCUT2D eigenvalue weighted by Crippen LogP contribution is 2.19. The largest absolute Gasteiger partial charge is 0.326 e. The van der Waals surface area contributed by atoms with Crippen LogP contribution in [-0.4, -0.2) is 30.7 Å². The summed E-state index contributed by atoms with van der Waals surface area (Å²) >= 11 is 1.49. The van der Waals surface area contributed by atoms with Gasteiger partial charge < -0.3 is 5.32 Å². The predicted molar refractivity (Wildman–Crippen MR) is 86.2 cm³/mol. The maximum absolute atomic E-state index is 12.5.